The molecule has 2 bridgehead atoms. The van der Waals surface area contributed by atoms with Gasteiger partial charge in [-0.15, -0.1) is 0 Å². The van der Waals surface area contributed by atoms with Crippen molar-refractivity contribution in [3.8, 4) is 0 Å². The Hall–Kier alpha value is -1.14. The Morgan fingerprint density at radius 3 is 2.84 bits per heavy atom. The van der Waals surface area contributed by atoms with Crippen LogP contribution in [0.15, 0.2) is 23.2 Å². The van der Waals surface area contributed by atoms with E-state index in [2.05, 4.69) is 9.71 Å². The fourth-order valence-electron chi connectivity index (χ4n) is 3.52. The average Bonchev–Trinajstić information content (AvgIpc) is 2.98. The number of nitrogens with zero attached hydrogens (tertiary/aromatic N) is 1. The highest BCUT2D eigenvalue weighted by Crippen LogP contribution is 2.48. The number of fused-ring (bicyclic) bond motifs is 2. The molecule has 0 aliphatic heterocycles. The van der Waals surface area contributed by atoms with E-state index in [9.17, 15) is 8.42 Å². The van der Waals surface area contributed by atoms with Crippen LogP contribution in [0.3, 0.4) is 0 Å². The van der Waals surface area contributed by atoms with Crippen LogP contribution in [0.2, 0.25) is 0 Å². The van der Waals surface area contributed by atoms with E-state index in [1.54, 1.807) is 0 Å². The molecule has 0 aromatic carbocycles. The lowest BCUT2D eigenvalue weighted by molar-refractivity contribution is 0.333. The Bertz CT molecular complexity index is 573. The first-order chi connectivity index (χ1) is 9.04. The molecule has 0 spiro atoms. The third-order valence-corrected chi connectivity index (χ3v) is 5.90. The van der Waals surface area contributed by atoms with Crippen molar-refractivity contribution >= 4 is 15.8 Å². The van der Waals surface area contributed by atoms with Gasteiger partial charge in [-0.25, -0.2) is 18.1 Å². The molecule has 1 aromatic heterocycles. The molecule has 3 N–H and O–H groups in total. The van der Waals surface area contributed by atoms with Gasteiger partial charge in [0.1, 0.15) is 5.82 Å². The van der Waals surface area contributed by atoms with E-state index < -0.39 is 10.0 Å². The van der Waals surface area contributed by atoms with Crippen molar-refractivity contribution in [3.05, 3.63) is 18.3 Å². The van der Waals surface area contributed by atoms with Crippen molar-refractivity contribution in [1.29, 1.82) is 0 Å². The molecule has 6 heteroatoms. The smallest absolute Gasteiger partial charge is 0.240 e. The molecule has 2 saturated carbocycles. The van der Waals surface area contributed by atoms with Crippen LogP contribution in [-0.2, 0) is 10.0 Å². The van der Waals surface area contributed by atoms with E-state index in [4.69, 9.17) is 5.73 Å². The lowest BCUT2D eigenvalue weighted by atomic mass is 9.89. The number of aromatic nitrogens is 1. The molecule has 1 heterocycles. The maximum atomic E-state index is 12.2. The number of nitrogens with one attached hydrogen (secondary N) is 1. The number of nitrogen functional groups attached to an aromatic ring is 1. The summed E-state index contributed by atoms with van der Waals surface area (Å²) in [5, 5.41) is 0. The van der Waals surface area contributed by atoms with Crippen LogP contribution in [0, 0.1) is 17.8 Å². The topological polar surface area (TPSA) is 85.1 Å². The second-order valence-electron chi connectivity index (χ2n) is 5.70. The molecule has 2 aliphatic rings. The zero-order valence-electron chi connectivity index (χ0n) is 10.7. The Labute approximate surface area is 113 Å². The van der Waals surface area contributed by atoms with Crippen LogP contribution in [0.25, 0.3) is 0 Å². The molecular formula is C13H19N3O2S. The summed E-state index contributed by atoms with van der Waals surface area (Å²) in [4.78, 5) is 4.00. The summed E-state index contributed by atoms with van der Waals surface area (Å²) >= 11 is 0. The maximum absolute atomic E-state index is 12.2. The first-order valence-electron chi connectivity index (χ1n) is 6.76. The molecule has 2 fully saturated rings. The molecule has 0 amide bonds. The molecule has 0 saturated heterocycles. The van der Waals surface area contributed by atoms with Crippen LogP contribution in [0.1, 0.15) is 25.7 Å². The number of pyridine rings is 1. The van der Waals surface area contributed by atoms with Gasteiger partial charge in [0.2, 0.25) is 10.0 Å². The lowest BCUT2D eigenvalue weighted by Gasteiger charge is -2.21. The Balaban J connectivity index is 1.66. The van der Waals surface area contributed by atoms with Gasteiger partial charge in [-0.2, -0.15) is 0 Å². The van der Waals surface area contributed by atoms with E-state index >= 15 is 0 Å². The predicted molar refractivity (Wildman–Crippen MR) is 72.8 cm³/mol. The molecule has 5 nitrogen and oxygen atoms in total. The van der Waals surface area contributed by atoms with Gasteiger partial charge < -0.3 is 5.73 Å². The van der Waals surface area contributed by atoms with Crippen molar-refractivity contribution in [2.75, 3.05) is 12.3 Å². The van der Waals surface area contributed by atoms with Crippen LogP contribution in [0.4, 0.5) is 5.82 Å². The average molecular weight is 281 g/mol. The van der Waals surface area contributed by atoms with Gasteiger partial charge in [0, 0.05) is 18.8 Å². The lowest BCUT2D eigenvalue weighted by Crippen LogP contribution is -2.31. The van der Waals surface area contributed by atoms with Gasteiger partial charge in [-0.3, -0.25) is 0 Å². The van der Waals surface area contributed by atoms with Gasteiger partial charge in [-0.1, -0.05) is 6.42 Å². The normalized spacial score (nSPS) is 29.8. The van der Waals surface area contributed by atoms with Gasteiger partial charge in [0.25, 0.3) is 0 Å². The van der Waals surface area contributed by atoms with E-state index in [0.717, 1.165) is 11.8 Å². The number of rotatable bonds is 4. The van der Waals surface area contributed by atoms with Crippen molar-refractivity contribution in [1.82, 2.24) is 9.71 Å². The summed E-state index contributed by atoms with van der Waals surface area (Å²) in [7, 11) is -3.46. The Kier molecular flexibility index (Phi) is 3.22. The molecule has 2 aliphatic carbocycles. The van der Waals surface area contributed by atoms with Crippen molar-refractivity contribution in [2.45, 2.75) is 30.6 Å². The molecule has 1 aromatic rings. The second kappa shape index (κ2) is 4.76. The third-order valence-electron chi connectivity index (χ3n) is 4.48. The standard InChI is InChI=1S/C13H19N3O2S/c14-13-7-12(3-4-15-13)19(17,18)16-8-11-6-9-1-2-10(11)5-9/h3-4,7,9-11,16H,1-2,5-6,8H2,(H2,14,15). The first kappa shape index (κ1) is 12.9. The second-order valence-corrected chi connectivity index (χ2v) is 7.47. The minimum absolute atomic E-state index is 0.197. The SMILES string of the molecule is Nc1cc(S(=O)(=O)NCC2CC3CCC2C3)ccn1. The molecule has 3 rings (SSSR count). The van der Waals surface area contributed by atoms with Crippen molar-refractivity contribution in [3.63, 3.8) is 0 Å². The summed E-state index contributed by atoms with van der Waals surface area (Å²) < 4.78 is 27.0. The first-order valence-corrected chi connectivity index (χ1v) is 8.24. The van der Waals surface area contributed by atoms with Crippen LogP contribution in [0.5, 0.6) is 0 Å². The van der Waals surface area contributed by atoms with Crippen molar-refractivity contribution < 1.29 is 8.42 Å². The summed E-state index contributed by atoms with van der Waals surface area (Å²) in [5.41, 5.74) is 5.52. The Morgan fingerprint density at radius 1 is 1.37 bits per heavy atom. The van der Waals surface area contributed by atoms with Crippen molar-refractivity contribution in [2.24, 2.45) is 17.8 Å². The maximum Gasteiger partial charge on any atom is 0.240 e. The molecular weight excluding hydrogens is 262 g/mol. The molecule has 3 atom stereocenters. The fourth-order valence-corrected chi connectivity index (χ4v) is 4.64. The highest BCUT2D eigenvalue weighted by Gasteiger charge is 2.39. The van der Waals surface area contributed by atoms with E-state index in [0.29, 0.717) is 12.5 Å². The highest BCUT2D eigenvalue weighted by atomic mass is 32.2. The highest BCUT2D eigenvalue weighted by molar-refractivity contribution is 7.89. The van der Waals surface area contributed by atoms with E-state index in [-0.39, 0.29) is 10.7 Å². The zero-order valence-corrected chi connectivity index (χ0v) is 11.6. The summed E-state index contributed by atoms with van der Waals surface area (Å²) in [6.07, 6.45) is 6.47. The molecule has 19 heavy (non-hydrogen) atoms. The fraction of sp³-hybridized carbons (Fsp3) is 0.615. The third kappa shape index (κ3) is 2.60. The number of sulfonamides is 1. The van der Waals surface area contributed by atoms with Gasteiger partial charge in [0.05, 0.1) is 4.90 Å². The summed E-state index contributed by atoms with van der Waals surface area (Å²) in [6, 6.07) is 2.86. The molecule has 3 unspecified atom stereocenters. The number of nitrogens with two attached hydrogens (primary N) is 1. The number of hydrogen-bond donors (Lipinski definition) is 2. The molecule has 104 valence electrons. The molecule has 0 radical (unpaired) electrons. The predicted octanol–water partition coefficient (Wildman–Crippen LogP) is 1.38. The largest absolute Gasteiger partial charge is 0.384 e. The quantitative estimate of drug-likeness (QED) is 0.873. The summed E-state index contributed by atoms with van der Waals surface area (Å²) in [6.45, 7) is 0.547. The number of hydrogen-bond acceptors (Lipinski definition) is 4. The van der Waals surface area contributed by atoms with Crippen LogP contribution in [-0.4, -0.2) is 19.9 Å². The minimum Gasteiger partial charge on any atom is -0.384 e. The van der Waals surface area contributed by atoms with Crippen LogP contribution < -0.4 is 10.5 Å². The van der Waals surface area contributed by atoms with Crippen LogP contribution >= 0.6 is 0 Å². The van der Waals surface area contributed by atoms with E-state index in [1.807, 2.05) is 0 Å². The summed E-state index contributed by atoms with van der Waals surface area (Å²) in [5.74, 6) is 2.28. The van der Waals surface area contributed by atoms with Gasteiger partial charge in [-0.05, 0) is 43.1 Å². The van der Waals surface area contributed by atoms with Gasteiger partial charge in [0.15, 0.2) is 0 Å². The zero-order chi connectivity index (χ0) is 13.5. The van der Waals surface area contributed by atoms with E-state index in [1.165, 1.54) is 44.0 Å². The Morgan fingerprint density at radius 2 is 2.21 bits per heavy atom. The minimum atomic E-state index is -3.46. The monoisotopic (exact) mass is 281 g/mol. The van der Waals surface area contributed by atoms with Gasteiger partial charge >= 0.3 is 0 Å². The number of anilines is 1.